The Bertz CT molecular complexity index is 498. The third-order valence-electron chi connectivity index (χ3n) is 2.46. The van der Waals surface area contributed by atoms with Gasteiger partial charge in [0.15, 0.2) is 0 Å². The van der Waals surface area contributed by atoms with Gasteiger partial charge < -0.3 is 10.5 Å². The Hall–Kier alpha value is -1.27. The Balaban J connectivity index is 3.35. The lowest BCUT2D eigenvalue weighted by molar-refractivity contribution is 0.397. The van der Waals surface area contributed by atoms with Crippen LogP contribution in [0.3, 0.4) is 0 Å². The zero-order valence-electron chi connectivity index (χ0n) is 10.1. The number of aryl methyl sites for hydroxylation is 1. The van der Waals surface area contributed by atoms with Gasteiger partial charge in [0.05, 0.1) is 7.11 Å². The fourth-order valence-corrected chi connectivity index (χ4v) is 2.45. The van der Waals surface area contributed by atoms with Crippen LogP contribution in [0.4, 0.5) is 5.69 Å². The second-order valence-electron chi connectivity index (χ2n) is 3.86. The van der Waals surface area contributed by atoms with Gasteiger partial charge in [-0.05, 0) is 30.5 Å². The minimum atomic E-state index is -3.82. The van der Waals surface area contributed by atoms with Gasteiger partial charge in [0.25, 0.3) is 0 Å². The van der Waals surface area contributed by atoms with Crippen LogP contribution in [0.1, 0.15) is 25.3 Å². The monoisotopic (exact) mass is 258 g/mol. The van der Waals surface area contributed by atoms with Gasteiger partial charge in [0, 0.05) is 5.69 Å². The van der Waals surface area contributed by atoms with Crippen LogP contribution >= 0.6 is 0 Å². The van der Waals surface area contributed by atoms with Crippen LogP contribution in [0, 0.1) is 0 Å². The first kappa shape index (κ1) is 13.8. The Labute approximate surface area is 102 Å². The van der Waals surface area contributed by atoms with E-state index in [2.05, 4.69) is 6.92 Å². The molecule has 96 valence electrons. The molecule has 5 nitrogen and oxygen atoms in total. The van der Waals surface area contributed by atoms with Crippen molar-refractivity contribution < 1.29 is 13.2 Å². The van der Waals surface area contributed by atoms with Gasteiger partial charge in [-0.2, -0.15) is 0 Å². The minimum absolute atomic E-state index is 0.0499. The van der Waals surface area contributed by atoms with Crippen molar-refractivity contribution in [2.45, 2.75) is 31.1 Å². The van der Waals surface area contributed by atoms with Crippen molar-refractivity contribution in [2.75, 3.05) is 12.8 Å². The summed E-state index contributed by atoms with van der Waals surface area (Å²) in [5.41, 5.74) is 6.83. The fraction of sp³-hybridized carbons (Fsp3) is 0.455. The average Bonchev–Trinajstić information content (AvgIpc) is 2.24. The standard InChI is InChI=1S/C11H18N2O3S/c1-3-4-5-8-6-9(12)7-10(11(8)16-2)17(13,14)15/h6-7H,3-5,12H2,1-2H3,(H2,13,14,15). The number of primary sulfonamides is 1. The lowest BCUT2D eigenvalue weighted by Gasteiger charge is -2.13. The predicted octanol–water partition coefficient (Wildman–Crippen LogP) is 1.27. The molecule has 0 fully saturated rings. The second kappa shape index (κ2) is 5.37. The van der Waals surface area contributed by atoms with Gasteiger partial charge in [-0.3, -0.25) is 0 Å². The summed E-state index contributed by atoms with van der Waals surface area (Å²) in [5, 5.41) is 5.14. The zero-order valence-corrected chi connectivity index (χ0v) is 10.9. The van der Waals surface area contributed by atoms with Gasteiger partial charge >= 0.3 is 0 Å². The van der Waals surface area contributed by atoms with E-state index in [0.29, 0.717) is 17.9 Å². The summed E-state index contributed by atoms with van der Waals surface area (Å²) in [6, 6.07) is 3.05. The van der Waals surface area contributed by atoms with Crippen LogP contribution in [-0.4, -0.2) is 15.5 Å². The molecule has 17 heavy (non-hydrogen) atoms. The molecule has 0 amide bonds. The lowest BCUT2D eigenvalue weighted by Crippen LogP contribution is -2.15. The van der Waals surface area contributed by atoms with E-state index in [9.17, 15) is 8.42 Å². The van der Waals surface area contributed by atoms with E-state index in [0.717, 1.165) is 18.4 Å². The van der Waals surface area contributed by atoms with Gasteiger partial charge in [0.2, 0.25) is 10.0 Å². The first-order chi connectivity index (χ1) is 7.90. The molecule has 0 saturated heterocycles. The molecule has 4 N–H and O–H groups in total. The molecule has 0 aliphatic rings. The quantitative estimate of drug-likeness (QED) is 0.777. The van der Waals surface area contributed by atoms with E-state index >= 15 is 0 Å². The zero-order chi connectivity index (χ0) is 13.1. The normalized spacial score (nSPS) is 11.5. The third-order valence-corrected chi connectivity index (χ3v) is 3.38. The number of sulfonamides is 1. The second-order valence-corrected chi connectivity index (χ2v) is 5.39. The van der Waals surface area contributed by atoms with Crippen molar-refractivity contribution in [3.8, 4) is 5.75 Å². The number of unbranched alkanes of at least 4 members (excludes halogenated alkanes) is 1. The Kier molecular flexibility index (Phi) is 4.36. The molecule has 0 bridgehead atoms. The molecule has 0 atom stereocenters. The van der Waals surface area contributed by atoms with Gasteiger partial charge in [-0.1, -0.05) is 13.3 Å². The first-order valence-electron chi connectivity index (χ1n) is 5.39. The average molecular weight is 258 g/mol. The number of methoxy groups -OCH3 is 1. The fourth-order valence-electron chi connectivity index (χ4n) is 1.68. The van der Waals surface area contributed by atoms with Crippen LogP contribution in [0.15, 0.2) is 17.0 Å². The third kappa shape index (κ3) is 3.34. The number of hydrogen-bond donors (Lipinski definition) is 2. The molecular weight excluding hydrogens is 240 g/mol. The van der Waals surface area contributed by atoms with Crippen LogP contribution < -0.4 is 15.6 Å². The summed E-state index contributed by atoms with van der Waals surface area (Å²) >= 11 is 0. The number of nitrogens with two attached hydrogens (primary N) is 2. The smallest absolute Gasteiger partial charge is 0.241 e. The highest BCUT2D eigenvalue weighted by Crippen LogP contribution is 2.31. The molecular formula is C11H18N2O3S. The predicted molar refractivity (Wildman–Crippen MR) is 67.4 cm³/mol. The molecule has 0 unspecified atom stereocenters. The summed E-state index contributed by atoms with van der Waals surface area (Å²) in [4.78, 5) is -0.0499. The Morgan fingerprint density at radius 2 is 2.00 bits per heavy atom. The molecule has 0 radical (unpaired) electrons. The number of rotatable bonds is 5. The van der Waals surface area contributed by atoms with Gasteiger partial charge in [0.1, 0.15) is 10.6 Å². The van der Waals surface area contributed by atoms with E-state index in [1.54, 1.807) is 6.07 Å². The molecule has 6 heteroatoms. The topological polar surface area (TPSA) is 95.4 Å². The number of nitrogen functional groups attached to an aromatic ring is 1. The first-order valence-corrected chi connectivity index (χ1v) is 6.94. The SMILES string of the molecule is CCCCc1cc(N)cc(S(N)(=O)=O)c1OC. The molecule has 0 aliphatic heterocycles. The number of hydrogen-bond acceptors (Lipinski definition) is 4. The van der Waals surface area contributed by atoms with Crippen LogP contribution in [0.25, 0.3) is 0 Å². The minimum Gasteiger partial charge on any atom is -0.495 e. The van der Waals surface area contributed by atoms with Gasteiger partial charge in [-0.25, -0.2) is 13.6 Å². The largest absolute Gasteiger partial charge is 0.495 e. The summed E-state index contributed by atoms with van der Waals surface area (Å²) < 4.78 is 28.0. The highest BCUT2D eigenvalue weighted by atomic mass is 32.2. The molecule has 0 saturated carbocycles. The molecule has 0 aromatic heterocycles. The lowest BCUT2D eigenvalue weighted by atomic mass is 10.1. The van der Waals surface area contributed by atoms with Crippen molar-refractivity contribution in [2.24, 2.45) is 5.14 Å². The summed E-state index contributed by atoms with van der Waals surface area (Å²) in [5.74, 6) is 0.301. The van der Waals surface area contributed by atoms with Crippen molar-refractivity contribution >= 4 is 15.7 Å². The van der Waals surface area contributed by atoms with E-state index in [1.807, 2.05) is 0 Å². The maximum Gasteiger partial charge on any atom is 0.241 e. The van der Waals surface area contributed by atoms with E-state index in [-0.39, 0.29) is 4.90 Å². The van der Waals surface area contributed by atoms with E-state index in [4.69, 9.17) is 15.6 Å². The number of ether oxygens (including phenoxy) is 1. The van der Waals surface area contributed by atoms with Crippen molar-refractivity contribution in [3.05, 3.63) is 17.7 Å². The molecule has 0 heterocycles. The summed E-state index contributed by atoms with van der Waals surface area (Å²) in [7, 11) is -2.39. The Morgan fingerprint density at radius 1 is 1.35 bits per heavy atom. The Morgan fingerprint density at radius 3 is 2.47 bits per heavy atom. The van der Waals surface area contributed by atoms with Crippen LogP contribution in [-0.2, 0) is 16.4 Å². The number of anilines is 1. The molecule has 1 aromatic carbocycles. The van der Waals surface area contributed by atoms with E-state index in [1.165, 1.54) is 13.2 Å². The molecule has 0 aliphatic carbocycles. The summed E-state index contributed by atoms with van der Waals surface area (Å²) in [6.45, 7) is 2.05. The van der Waals surface area contributed by atoms with E-state index < -0.39 is 10.0 Å². The van der Waals surface area contributed by atoms with Crippen molar-refractivity contribution in [1.29, 1.82) is 0 Å². The van der Waals surface area contributed by atoms with Crippen LogP contribution in [0.5, 0.6) is 5.75 Å². The highest BCUT2D eigenvalue weighted by Gasteiger charge is 2.19. The van der Waals surface area contributed by atoms with Crippen LogP contribution in [0.2, 0.25) is 0 Å². The maximum atomic E-state index is 11.4. The number of benzene rings is 1. The van der Waals surface area contributed by atoms with Crippen molar-refractivity contribution in [3.63, 3.8) is 0 Å². The maximum absolute atomic E-state index is 11.4. The molecule has 1 rings (SSSR count). The molecule has 0 spiro atoms. The summed E-state index contributed by atoms with van der Waals surface area (Å²) in [6.07, 6.45) is 2.65. The molecule has 1 aromatic rings. The van der Waals surface area contributed by atoms with Gasteiger partial charge in [-0.15, -0.1) is 0 Å². The van der Waals surface area contributed by atoms with Crippen molar-refractivity contribution in [1.82, 2.24) is 0 Å². The highest BCUT2D eigenvalue weighted by molar-refractivity contribution is 7.89.